The number of thiophene rings is 1. The van der Waals surface area contributed by atoms with Crippen LogP contribution in [0.2, 0.25) is 0 Å². The molecule has 0 saturated heterocycles. The van der Waals surface area contributed by atoms with Crippen LogP contribution in [-0.4, -0.2) is 5.11 Å². The minimum atomic E-state index is -0.519. The first-order chi connectivity index (χ1) is 7.18. The number of halogens is 2. The topological polar surface area (TPSA) is 20.2 Å². The van der Waals surface area contributed by atoms with Crippen LogP contribution in [0.1, 0.15) is 16.5 Å². The van der Waals surface area contributed by atoms with E-state index in [0.29, 0.717) is 0 Å². The molecule has 0 saturated carbocycles. The Morgan fingerprint density at radius 1 is 1.20 bits per heavy atom. The molecule has 1 aromatic heterocycles. The largest absolute Gasteiger partial charge is 0.383 e. The van der Waals surface area contributed by atoms with Crippen LogP contribution >= 0.6 is 49.9 Å². The van der Waals surface area contributed by atoms with E-state index in [1.165, 1.54) is 0 Å². The highest BCUT2D eigenvalue weighted by molar-refractivity contribution is 14.1. The molecule has 0 spiro atoms. The van der Waals surface area contributed by atoms with Gasteiger partial charge in [-0.25, -0.2) is 0 Å². The predicted octanol–water partition coefficient (Wildman–Crippen LogP) is 4.20. The third kappa shape index (κ3) is 2.61. The van der Waals surface area contributed by atoms with Gasteiger partial charge in [0.2, 0.25) is 0 Å². The Bertz CT molecular complexity index is 469. The highest BCUT2D eigenvalue weighted by Crippen LogP contribution is 2.32. The van der Waals surface area contributed by atoms with Crippen LogP contribution in [0.4, 0.5) is 0 Å². The molecule has 0 bridgehead atoms. The third-order valence-electron chi connectivity index (χ3n) is 2.06. The number of rotatable bonds is 2. The molecule has 1 atom stereocenters. The average Bonchev–Trinajstić information content (AvgIpc) is 2.65. The van der Waals surface area contributed by atoms with Crippen molar-refractivity contribution in [2.75, 3.05) is 0 Å². The van der Waals surface area contributed by atoms with E-state index in [1.807, 2.05) is 36.4 Å². The molecular weight excluding hydrogens is 387 g/mol. The maximum Gasteiger partial charge on any atom is 0.114 e. The molecule has 1 nitrogen and oxygen atoms in total. The summed E-state index contributed by atoms with van der Waals surface area (Å²) in [6.07, 6.45) is -0.519. The Balaban J connectivity index is 2.36. The lowest BCUT2D eigenvalue weighted by Crippen LogP contribution is -1.99. The van der Waals surface area contributed by atoms with Crippen LogP contribution in [0.5, 0.6) is 0 Å². The van der Waals surface area contributed by atoms with Crippen molar-refractivity contribution in [2.45, 2.75) is 6.10 Å². The Hall–Kier alpha value is 0.0900. The van der Waals surface area contributed by atoms with Crippen molar-refractivity contribution >= 4 is 49.9 Å². The minimum absolute atomic E-state index is 0.519. The Labute approximate surface area is 114 Å². The molecule has 4 heteroatoms. The molecule has 1 unspecified atom stereocenters. The van der Waals surface area contributed by atoms with Gasteiger partial charge >= 0.3 is 0 Å². The van der Waals surface area contributed by atoms with Crippen molar-refractivity contribution in [3.63, 3.8) is 0 Å². The summed E-state index contributed by atoms with van der Waals surface area (Å²) in [6, 6.07) is 11.8. The van der Waals surface area contributed by atoms with Crippen molar-refractivity contribution in [1.29, 1.82) is 0 Å². The fraction of sp³-hybridized carbons (Fsp3) is 0.0909. The van der Waals surface area contributed by atoms with E-state index in [0.717, 1.165) is 17.8 Å². The summed E-state index contributed by atoms with van der Waals surface area (Å²) >= 11 is 7.20. The van der Waals surface area contributed by atoms with Gasteiger partial charge in [-0.1, -0.05) is 18.2 Å². The van der Waals surface area contributed by atoms with E-state index < -0.39 is 6.10 Å². The molecular formula is C11H8BrIOS. The molecule has 2 aromatic rings. The van der Waals surface area contributed by atoms with Crippen LogP contribution in [-0.2, 0) is 0 Å². The highest BCUT2D eigenvalue weighted by atomic mass is 127. The van der Waals surface area contributed by atoms with Crippen LogP contribution < -0.4 is 0 Å². The third-order valence-corrected chi connectivity index (χ3v) is 4.72. The molecule has 15 heavy (non-hydrogen) atoms. The van der Waals surface area contributed by atoms with Gasteiger partial charge in [0.1, 0.15) is 6.10 Å². The molecule has 2 rings (SSSR count). The first-order valence-corrected chi connectivity index (χ1v) is 7.05. The van der Waals surface area contributed by atoms with E-state index >= 15 is 0 Å². The zero-order valence-corrected chi connectivity index (χ0v) is 12.2. The Morgan fingerprint density at radius 2 is 1.93 bits per heavy atom. The summed E-state index contributed by atoms with van der Waals surface area (Å²) in [5.74, 6) is 0. The summed E-state index contributed by atoms with van der Waals surface area (Å²) < 4.78 is 2.13. The molecule has 78 valence electrons. The summed E-state index contributed by atoms with van der Waals surface area (Å²) in [5.41, 5.74) is 0.965. The molecule has 0 radical (unpaired) electrons. The lowest BCUT2D eigenvalue weighted by atomic mass is 10.1. The minimum Gasteiger partial charge on any atom is -0.383 e. The fourth-order valence-electron chi connectivity index (χ4n) is 1.33. The summed E-state index contributed by atoms with van der Waals surface area (Å²) in [6.45, 7) is 0. The molecule has 0 fully saturated rings. The van der Waals surface area contributed by atoms with Crippen LogP contribution in [0, 0.1) is 3.57 Å². The number of hydrogen-bond donors (Lipinski definition) is 1. The van der Waals surface area contributed by atoms with Crippen LogP contribution in [0.25, 0.3) is 0 Å². The first kappa shape index (κ1) is 11.6. The van der Waals surface area contributed by atoms with Gasteiger partial charge in [0.15, 0.2) is 0 Å². The molecule has 0 aliphatic carbocycles. The van der Waals surface area contributed by atoms with Crippen LogP contribution in [0.15, 0.2) is 40.2 Å². The van der Waals surface area contributed by atoms with Crippen molar-refractivity contribution in [1.82, 2.24) is 0 Å². The van der Waals surface area contributed by atoms with Crippen molar-refractivity contribution in [3.8, 4) is 0 Å². The van der Waals surface area contributed by atoms with Gasteiger partial charge < -0.3 is 5.11 Å². The normalized spacial score (nSPS) is 12.7. The van der Waals surface area contributed by atoms with Crippen LogP contribution in [0.3, 0.4) is 0 Å². The Morgan fingerprint density at radius 3 is 2.53 bits per heavy atom. The number of benzene rings is 1. The lowest BCUT2D eigenvalue weighted by Gasteiger charge is -2.10. The van der Waals surface area contributed by atoms with Gasteiger partial charge in [-0.05, 0) is 62.3 Å². The van der Waals surface area contributed by atoms with E-state index in [2.05, 4.69) is 38.5 Å². The second-order valence-electron chi connectivity index (χ2n) is 3.07. The number of hydrogen-bond acceptors (Lipinski definition) is 2. The smallest absolute Gasteiger partial charge is 0.114 e. The van der Waals surface area contributed by atoms with Gasteiger partial charge in [0, 0.05) is 8.45 Å². The molecule has 0 aliphatic heterocycles. The van der Waals surface area contributed by atoms with Crippen molar-refractivity contribution in [3.05, 3.63) is 54.2 Å². The van der Waals surface area contributed by atoms with Gasteiger partial charge in [0.05, 0.1) is 3.79 Å². The molecule has 1 N–H and O–H groups in total. The average molecular weight is 395 g/mol. The second-order valence-corrected chi connectivity index (χ2v) is 6.72. The summed E-state index contributed by atoms with van der Waals surface area (Å²) in [7, 11) is 0. The quantitative estimate of drug-likeness (QED) is 0.757. The SMILES string of the molecule is OC(c1ccc(Br)s1)c1ccccc1I. The molecule has 0 aliphatic rings. The monoisotopic (exact) mass is 394 g/mol. The second kappa shape index (κ2) is 4.95. The van der Waals surface area contributed by atoms with Crippen molar-refractivity contribution in [2.24, 2.45) is 0 Å². The maximum absolute atomic E-state index is 10.2. The zero-order valence-electron chi connectivity index (χ0n) is 7.65. The van der Waals surface area contributed by atoms with Gasteiger partial charge in [-0.2, -0.15) is 0 Å². The Kier molecular flexibility index (Phi) is 3.82. The summed E-state index contributed by atoms with van der Waals surface area (Å²) in [4.78, 5) is 0.964. The maximum atomic E-state index is 10.2. The number of aliphatic hydroxyl groups is 1. The van der Waals surface area contributed by atoms with Crippen molar-refractivity contribution < 1.29 is 5.11 Å². The predicted molar refractivity (Wildman–Crippen MR) is 75.2 cm³/mol. The lowest BCUT2D eigenvalue weighted by molar-refractivity contribution is 0.223. The fourth-order valence-corrected chi connectivity index (χ4v) is 3.44. The molecule has 1 heterocycles. The van der Waals surface area contributed by atoms with E-state index in [4.69, 9.17) is 0 Å². The molecule has 0 amide bonds. The molecule has 1 aromatic carbocycles. The first-order valence-electron chi connectivity index (χ1n) is 4.36. The summed E-state index contributed by atoms with van der Waals surface area (Å²) in [5, 5.41) is 10.2. The van der Waals surface area contributed by atoms with Gasteiger partial charge in [0.25, 0.3) is 0 Å². The zero-order chi connectivity index (χ0) is 10.8. The van der Waals surface area contributed by atoms with E-state index in [1.54, 1.807) is 11.3 Å². The van der Waals surface area contributed by atoms with Gasteiger partial charge in [-0.3, -0.25) is 0 Å². The van der Waals surface area contributed by atoms with E-state index in [9.17, 15) is 5.11 Å². The van der Waals surface area contributed by atoms with Gasteiger partial charge in [-0.15, -0.1) is 11.3 Å². The standard InChI is InChI=1S/C11H8BrIOS/c12-10-6-5-9(15-10)11(14)7-3-1-2-4-8(7)13/h1-6,11,14H. The van der Waals surface area contributed by atoms with E-state index in [-0.39, 0.29) is 0 Å². The number of aliphatic hydroxyl groups excluding tert-OH is 1. The highest BCUT2D eigenvalue weighted by Gasteiger charge is 2.14.